The second-order valence-corrected chi connectivity index (χ2v) is 6.08. The number of benzene rings is 2. The third-order valence-electron chi connectivity index (χ3n) is 4.30. The predicted molar refractivity (Wildman–Crippen MR) is 98.7 cm³/mol. The summed E-state index contributed by atoms with van der Waals surface area (Å²) in [6.45, 7) is 6.41. The second-order valence-electron chi connectivity index (χ2n) is 6.08. The molecule has 0 aromatic heterocycles. The fourth-order valence-corrected chi connectivity index (χ4v) is 2.90. The lowest BCUT2D eigenvalue weighted by atomic mass is 9.97. The van der Waals surface area contributed by atoms with Crippen molar-refractivity contribution in [2.24, 2.45) is 0 Å². The quantitative estimate of drug-likeness (QED) is 0.758. The molecule has 1 amide bonds. The van der Waals surface area contributed by atoms with E-state index in [1.54, 1.807) is 7.11 Å². The molecule has 2 aromatic carbocycles. The molecule has 1 atom stereocenters. The van der Waals surface area contributed by atoms with Crippen LogP contribution in [0.15, 0.2) is 36.4 Å². The molecule has 1 N–H and O–H groups in total. The molecule has 24 heavy (non-hydrogen) atoms. The Kier molecular flexibility index (Phi) is 6.21. The Morgan fingerprint density at radius 2 is 1.83 bits per heavy atom. The number of carbonyl (C=O) groups is 1. The standard InChI is InChI=1S/C20H27NO3/c1-5-7-14-20(3,24-6-2)19(22)21-17-12-13-18(23-4)16-11-9-8-10-15(16)17/h8-13H,5-7,14H2,1-4H3,(H,21,22)/t20-/m0/s1. The van der Waals surface area contributed by atoms with E-state index in [1.807, 2.05) is 50.2 Å². The lowest BCUT2D eigenvalue weighted by molar-refractivity contribution is -0.139. The number of rotatable bonds is 8. The highest BCUT2D eigenvalue weighted by molar-refractivity contribution is 6.06. The maximum Gasteiger partial charge on any atom is 0.256 e. The summed E-state index contributed by atoms with van der Waals surface area (Å²) in [5, 5.41) is 4.99. The summed E-state index contributed by atoms with van der Waals surface area (Å²) in [5.41, 5.74) is -0.0370. The first-order valence-corrected chi connectivity index (χ1v) is 8.57. The number of amides is 1. The predicted octanol–water partition coefficient (Wildman–Crippen LogP) is 4.77. The zero-order valence-electron chi connectivity index (χ0n) is 15.0. The molecule has 0 saturated heterocycles. The topological polar surface area (TPSA) is 47.6 Å². The van der Waals surface area contributed by atoms with Gasteiger partial charge in [0.2, 0.25) is 0 Å². The maximum absolute atomic E-state index is 12.9. The molecule has 130 valence electrons. The van der Waals surface area contributed by atoms with Gasteiger partial charge in [-0.05, 0) is 32.4 Å². The third kappa shape index (κ3) is 3.88. The highest BCUT2D eigenvalue weighted by Crippen LogP contribution is 2.32. The first-order valence-electron chi connectivity index (χ1n) is 8.57. The van der Waals surface area contributed by atoms with Crippen molar-refractivity contribution in [3.8, 4) is 5.75 Å². The first kappa shape index (κ1) is 18.3. The molecular formula is C20H27NO3. The molecule has 2 rings (SSSR count). The molecule has 0 fully saturated rings. The molecule has 0 bridgehead atoms. The van der Waals surface area contributed by atoms with Gasteiger partial charge >= 0.3 is 0 Å². The number of unbranched alkanes of at least 4 members (excludes halogenated alkanes) is 1. The summed E-state index contributed by atoms with van der Waals surface area (Å²) in [7, 11) is 1.65. The summed E-state index contributed by atoms with van der Waals surface area (Å²) >= 11 is 0. The van der Waals surface area contributed by atoms with Crippen LogP contribution < -0.4 is 10.1 Å². The molecule has 0 unspecified atom stereocenters. The van der Waals surface area contributed by atoms with Crippen molar-refractivity contribution in [3.05, 3.63) is 36.4 Å². The highest BCUT2D eigenvalue weighted by atomic mass is 16.5. The van der Waals surface area contributed by atoms with Gasteiger partial charge in [-0.25, -0.2) is 0 Å². The van der Waals surface area contributed by atoms with Crippen molar-refractivity contribution in [1.82, 2.24) is 0 Å². The number of methoxy groups -OCH3 is 1. The molecule has 0 aliphatic heterocycles. The Balaban J connectivity index is 2.32. The minimum atomic E-state index is -0.814. The van der Waals surface area contributed by atoms with Gasteiger partial charge in [0.05, 0.1) is 7.11 Å². The number of nitrogens with one attached hydrogen (secondary N) is 1. The fourth-order valence-electron chi connectivity index (χ4n) is 2.90. The van der Waals surface area contributed by atoms with Crippen LogP contribution in [0.5, 0.6) is 5.75 Å². The molecule has 0 aliphatic rings. The average molecular weight is 329 g/mol. The van der Waals surface area contributed by atoms with Gasteiger partial charge in [0.1, 0.15) is 11.4 Å². The summed E-state index contributed by atoms with van der Waals surface area (Å²) in [4.78, 5) is 12.9. The van der Waals surface area contributed by atoms with Crippen molar-refractivity contribution >= 4 is 22.4 Å². The molecule has 0 radical (unpaired) electrons. The Labute approximate surface area is 144 Å². The molecule has 0 aliphatic carbocycles. The van der Waals surface area contributed by atoms with Crippen LogP contribution in [0.3, 0.4) is 0 Å². The summed E-state index contributed by atoms with van der Waals surface area (Å²) in [6.07, 6.45) is 2.69. The monoisotopic (exact) mass is 329 g/mol. The van der Waals surface area contributed by atoms with E-state index in [1.165, 1.54) is 0 Å². The van der Waals surface area contributed by atoms with E-state index in [-0.39, 0.29) is 5.91 Å². The summed E-state index contributed by atoms with van der Waals surface area (Å²) in [5.74, 6) is 0.690. The maximum atomic E-state index is 12.9. The molecule has 0 heterocycles. The van der Waals surface area contributed by atoms with E-state index >= 15 is 0 Å². The number of hydrogen-bond donors (Lipinski definition) is 1. The van der Waals surface area contributed by atoms with E-state index < -0.39 is 5.60 Å². The number of hydrogen-bond acceptors (Lipinski definition) is 3. The minimum absolute atomic E-state index is 0.104. The normalized spacial score (nSPS) is 13.5. The van der Waals surface area contributed by atoms with Crippen molar-refractivity contribution < 1.29 is 14.3 Å². The first-order chi connectivity index (χ1) is 11.6. The van der Waals surface area contributed by atoms with Crippen LogP contribution in [0.2, 0.25) is 0 Å². The molecule has 2 aromatic rings. The average Bonchev–Trinajstić information content (AvgIpc) is 2.60. The van der Waals surface area contributed by atoms with E-state index in [9.17, 15) is 4.79 Å². The zero-order chi connectivity index (χ0) is 17.6. The molecule has 0 spiro atoms. The second kappa shape index (κ2) is 8.15. The molecule has 4 heteroatoms. The third-order valence-corrected chi connectivity index (χ3v) is 4.30. The number of carbonyl (C=O) groups excluding carboxylic acids is 1. The van der Waals surface area contributed by atoms with Crippen LogP contribution in [-0.4, -0.2) is 25.2 Å². The number of anilines is 1. The van der Waals surface area contributed by atoms with E-state index in [4.69, 9.17) is 9.47 Å². The SMILES string of the molecule is CCCC[C@](C)(OCC)C(=O)Nc1ccc(OC)c2ccccc12. The van der Waals surface area contributed by atoms with Crippen LogP contribution in [0.25, 0.3) is 10.8 Å². The largest absolute Gasteiger partial charge is 0.496 e. The lowest BCUT2D eigenvalue weighted by Gasteiger charge is -2.28. The smallest absolute Gasteiger partial charge is 0.256 e. The number of fused-ring (bicyclic) bond motifs is 1. The molecular weight excluding hydrogens is 302 g/mol. The van der Waals surface area contributed by atoms with Crippen molar-refractivity contribution in [1.29, 1.82) is 0 Å². The highest BCUT2D eigenvalue weighted by Gasteiger charge is 2.33. The summed E-state index contributed by atoms with van der Waals surface area (Å²) < 4.78 is 11.2. The summed E-state index contributed by atoms with van der Waals surface area (Å²) in [6, 6.07) is 11.6. The number of ether oxygens (including phenoxy) is 2. The van der Waals surface area contributed by atoms with Gasteiger partial charge in [0.15, 0.2) is 0 Å². The van der Waals surface area contributed by atoms with Gasteiger partial charge in [-0.2, -0.15) is 0 Å². The zero-order valence-corrected chi connectivity index (χ0v) is 15.0. The molecule has 0 saturated carbocycles. The van der Waals surface area contributed by atoms with Crippen molar-refractivity contribution in [3.63, 3.8) is 0 Å². The fraction of sp³-hybridized carbons (Fsp3) is 0.450. The van der Waals surface area contributed by atoms with Crippen LogP contribution in [0, 0.1) is 0 Å². The Morgan fingerprint density at radius 1 is 1.12 bits per heavy atom. The van der Waals surface area contributed by atoms with Crippen LogP contribution >= 0.6 is 0 Å². The van der Waals surface area contributed by atoms with Crippen LogP contribution in [-0.2, 0) is 9.53 Å². The van der Waals surface area contributed by atoms with Crippen molar-refractivity contribution in [2.45, 2.75) is 45.6 Å². The van der Waals surface area contributed by atoms with Gasteiger partial charge in [0.25, 0.3) is 5.91 Å². The van der Waals surface area contributed by atoms with Crippen LogP contribution in [0.1, 0.15) is 40.0 Å². The van der Waals surface area contributed by atoms with E-state index in [0.717, 1.165) is 35.1 Å². The van der Waals surface area contributed by atoms with Gasteiger partial charge < -0.3 is 14.8 Å². The van der Waals surface area contributed by atoms with Crippen LogP contribution in [0.4, 0.5) is 5.69 Å². The minimum Gasteiger partial charge on any atom is -0.496 e. The van der Waals surface area contributed by atoms with E-state index in [2.05, 4.69) is 12.2 Å². The van der Waals surface area contributed by atoms with Gasteiger partial charge in [0, 0.05) is 23.1 Å². The van der Waals surface area contributed by atoms with Gasteiger partial charge in [-0.3, -0.25) is 4.79 Å². The van der Waals surface area contributed by atoms with E-state index in [0.29, 0.717) is 13.0 Å². The Bertz CT molecular complexity index is 698. The van der Waals surface area contributed by atoms with Gasteiger partial charge in [-0.1, -0.05) is 44.0 Å². The van der Waals surface area contributed by atoms with Gasteiger partial charge in [-0.15, -0.1) is 0 Å². The Morgan fingerprint density at radius 3 is 2.46 bits per heavy atom. The Hall–Kier alpha value is -2.07. The lowest BCUT2D eigenvalue weighted by Crippen LogP contribution is -2.42. The van der Waals surface area contributed by atoms with Crippen molar-refractivity contribution in [2.75, 3.05) is 19.0 Å². The molecule has 4 nitrogen and oxygen atoms in total.